The number of anilines is 2. The molecule has 28 heavy (non-hydrogen) atoms. The molecule has 4 nitrogen and oxygen atoms in total. The van der Waals surface area contributed by atoms with Crippen LogP contribution in [0.2, 0.25) is 0 Å². The lowest BCUT2D eigenvalue weighted by molar-refractivity contribution is -0.136. The standard InChI is InChI=1S/C21H19F3N2O2/c1-3-13-8-10-14(11-9-13)26-18-15-6-5-7-17(21(22,23)24)19(15)25-12-16(18)20(27)28-4-2/h5-12H,3-4H2,1-2H3,(H,25,26). The fraction of sp³-hybridized carbons (Fsp3) is 0.238. The Hall–Kier alpha value is -3.09. The summed E-state index contributed by atoms with van der Waals surface area (Å²) in [7, 11) is 0. The van der Waals surface area contributed by atoms with Crippen molar-refractivity contribution in [3.63, 3.8) is 0 Å². The van der Waals surface area contributed by atoms with E-state index in [9.17, 15) is 18.0 Å². The van der Waals surface area contributed by atoms with Crippen LogP contribution in [0.15, 0.2) is 48.7 Å². The normalized spacial score (nSPS) is 11.5. The van der Waals surface area contributed by atoms with Gasteiger partial charge in [0.1, 0.15) is 5.56 Å². The number of halogens is 3. The maximum Gasteiger partial charge on any atom is 0.418 e. The molecule has 0 unspecified atom stereocenters. The summed E-state index contributed by atoms with van der Waals surface area (Å²) in [4.78, 5) is 16.3. The van der Waals surface area contributed by atoms with Crippen LogP contribution in [0.4, 0.5) is 24.5 Å². The zero-order chi connectivity index (χ0) is 20.3. The first-order valence-electron chi connectivity index (χ1n) is 8.87. The van der Waals surface area contributed by atoms with Crippen molar-refractivity contribution in [2.75, 3.05) is 11.9 Å². The van der Waals surface area contributed by atoms with Gasteiger partial charge in [-0.2, -0.15) is 13.2 Å². The van der Waals surface area contributed by atoms with Crippen molar-refractivity contribution in [2.24, 2.45) is 0 Å². The lowest BCUT2D eigenvalue weighted by Gasteiger charge is -2.16. The van der Waals surface area contributed by atoms with Crippen molar-refractivity contribution < 1.29 is 22.7 Å². The van der Waals surface area contributed by atoms with Crippen LogP contribution in [0.3, 0.4) is 0 Å². The number of esters is 1. The van der Waals surface area contributed by atoms with Gasteiger partial charge in [0.15, 0.2) is 0 Å². The number of fused-ring (bicyclic) bond motifs is 1. The summed E-state index contributed by atoms with van der Waals surface area (Å²) in [5.41, 5.74) is 0.996. The predicted molar refractivity (Wildman–Crippen MR) is 102 cm³/mol. The van der Waals surface area contributed by atoms with Crippen LogP contribution in [0.25, 0.3) is 10.9 Å². The molecule has 0 fully saturated rings. The van der Waals surface area contributed by atoms with Crippen molar-refractivity contribution in [2.45, 2.75) is 26.4 Å². The van der Waals surface area contributed by atoms with Crippen LogP contribution in [0.5, 0.6) is 0 Å². The van der Waals surface area contributed by atoms with Gasteiger partial charge in [-0.1, -0.05) is 31.2 Å². The highest BCUT2D eigenvalue weighted by molar-refractivity contribution is 6.06. The molecule has 0 bridgehead atoms. The molecule has 0 aliphatic carbocycles. The van der Waals surface area contributed by atoms with E-state index in [1.165, 1.54) is 12.1 Å². The first-order valence-corrected chi connectivity index (χ1v) is 8.87. The summed E-state index contributed by atoms with van der Waals surface area (Å²) in [5.74, 6) is -0.651. The van der Waals surface area contributed by atoms with Crippen molar-refractivity contribution in [1.82, 2.24) is 4.98 Å². The lowest BCUT2D eigenvalue weighted by Crippen LogP contribution is -2.11. The number of hydrogen-bond acceptors (Lipinski definition) is 4. The Morgan fingerprint density at radius 3 is 2.43 bits per heavy atom. The monoisotopic (exact) mass is 388 g/mol. The summed E-state index contributed by atoms with van der Waals surface area (Å²) >= 11 is 0. The highest BCUT2D eigenvalue weighted by atomic mass is 19.4. The van der Waals surface area contributed by atoms with E-state index in [1.807, 2.05) is 31.2 Å². The Morgan fingerprint density at radius 2 is 1.82 bits per heavy atom. The zero-order valence-electron chi connectivity index (χ0n) is 15.4. The van der Waals surface area contributed by atoms with Crippen molar-refractivity contribution in [3.05, 3.63) is 65.4 Å². The number of aromatic nitrogens is 1. The SMILES string of the molecule is CCOC(=O)c1cnc2c(C(F)(F)F)cccc2c1Nc1ccc(CC)cc1. The zero-order valence-corrected chi connectivity index (χ0v) is 15.4. The van der Waals surface area contributed by atoms with Gasteiger partial charge in [-0.25, -0.2) is 4.79 Å². The average Bonchev–Trinajstić information content (AvgIpc) is 2.67. The molecule has 1 heterocycles. The molecule has 146 valence electrons. The van der Waals surface area contributed by atoms with Crippen molar-refractivity contribution in [1.29, 1.82) is 0 Å². The van der Waals surface area contributed by atoms with Gasteiger partial charge in [0.2, 0.25) is 0 Å². The maximum atomic E-state index is 13.4. The first-order chi connectivity index (χ1) is 13.3. The summed E-state index contributed by atoms with van der Waals surface area (Å²) < 4.78 is 45.2. The number of ether oxygens (including phenoxy) is 1. The molecule has 0 aliphatic rings. The quantitative estimate of drug-likeness (QED) is 0.567. The van der Waals surface area contributed by atoms with Gasteiger partial charge >= 0.3 is 12.1 Å². The molecule has 1 N–H and O–H groups in total. The number of para-hydroxylation sites is 1. The van der Waals surface area contributed by atoms with Crippen LogP contribution < -0.4 is 5.32 Å². The van der Waals surface area contributed by atoms with Gasteiger partial charge in [0.25, 0.3) is 0 Å². The van der Waals surface area contributed by atoms with E-state index in [4.69, 9.17) is 4.74 Å². The van der Waals surface area contributed by atoms with Crippen LogP contribution in [-0.2, 0) is 17.3 Å². The molecular formula is C21H19F3N2O2. The molecule has 0 aliphatic heterocycles. The topological polar surface area (TPSA) is 51.2 Å². The third-order valence-electron chi connectivity index (χ3n) is 4.33. The average molecular weight is 388 g/mol. The van der Waals surface area contributed by atoms with E-state index in [0.717, 1.165) is 24.2 Å². The number of rotatable bonds is 5. The second kappa shape index (κ2) is 7.88. The molecule has 0 radical (unpaired) electrons. The third-order valence-corrected chi connectivity index (χ3v) is 4.33. The molecule has 0 amide bonds. The molecule has 0 atom stereocenters. The Morgan fingerprint density at radius 1 is 1.11 bits per heavy atom. The lowest BCUT2D eigenvalue weighted by atomic mass is 10.0. The van der Waals surface area contributed by atoms with Gasteiger partial charge in [-0.3, -0.25) is 4.98 Å². The van der Waals surface area contributed by atoms with Crippen LogP contribution in [0.1, 0.15) is 35.3 Å². The smallest absolute Gasteiger partial charge is 0.418 e. The molecule has 7 heteroatoms. The molecular weight excluding hydrogens is 369 g/mol. The van der Waals surface area contributed by atoms with Gasteiger partial charge in [-0.15, -0.1) is 0 Å². The Bertz CT molecular complexity index is 999. The highest BCUT2D eigenvalue weighted by Gasteiger charge is 2.34. The fourth-order valence-electron chi connectivity index (χ4n) is 2.92. The minimum atomic E-state index is -4.56. The molecule has 2 aromatic carbocycles. The molecule has 3 aromatic rings. The van der Waals surface area contributed by atoms with E-state index >= 15 is 0 Å². The van der Waals surface area contributed by atoms with E-state index in [0.29, 0.717) is 5.69 Å². The first kappa shape index (κ1) is 19.7. The summed E-state index contributed by atoms with van der Waals surface area (Å²) in [6, 6.07) is 11.2. The third kappa shape index (κ3) is 3.93. The number of pyridine rings is 1. The second-order valence-corrected chi connectivity index (χ2v) is 6.14. The van der Waals surface area contributed by atoms with Crippen LogP contribution in [-0.4, -0.2) is 17.6 Å². The van der Waals surface area contributed by atoms with E-state index in [-0.39, 0.29) is 28.8 Å². The second-order valence-electron chi connectivity index (χ2n) is 6.14. The molecule has 3 rings (SSSR count). The summed E-state index contributed by atoms with van der Waals surface area (Å²) in [6.45, 7) is 3.82. The summed E-state index contributed by atoms with van der Waals surface area (Å²) in [6.07, 6.45) is -2.57. The molecule has 0 saturated carbocycles. The Labute approximate surface area is 160 Å². The number of alkyl halides is 3. The number of nitrogens with one attached hydrogen (secondary N) is 1. The molecule has 1 aromatic heterocycles. The maximum absolute atomic E-state index is 13.4. The number of carbonyl (C=O) groups is 1. The highest BCUT2D eigenvalue weighted by Crippen LogP contribution is 2.37. The number of benzene rings is 2. The fourth-order valence-corrected chi connectivity index (χ4v) is 2.92. The minimum Gasteiger partial charge on any atom is -0.462 e. The molecule has 0 saturated heterocycles. The van der Waals surface area contributed by atoms with Gasteiger partial charge in [0.05, 0.1) is 23.4 Å². The Balaban J connectivity index is 2.19. The number of hydrogen-bond donors (Lipinski definition) is 1. The van der Waals surface area contributed by atoms with Crippen molar-refractivity contribution in [3.8, 4) is 0 Å². The van der Waals surface area contributed by atoms with Crippen molar-refractivity contribution >= 4 is 28.2 Å². The Kier molecular flexibility index (Phi) is 5.53. The largest absolute Gasteiger partial charge is 0.462 e. The van der Waals surface area contributed by atoms with Gasteiger partial charge in [-0.05, 0) is 37.1 Å². The minimum absolute atomic E-state index is 0.0771. The van der Waals surface area contributed by atoms with Crippen LogP contribution in [0, 0.1) is 0 Å². The number of nitrogens with zero attached hydrogens (tertiary/aromatic N) is 1. The van der Waals surface area contributed by atoms with E-state index in [1.54, 1.807) is 6.92 Å². The van der Waals surface area contributed by atoms with Crippen LogP contribution >= 0.6 is 0 Å². The predicted octanol–water partition coefficient (Wildman–Crippen LogP) is 5.74. The van der Waals surface area contributed by atoms with E-state index < -0.39 is 17.7 Å². The molecule has 0 spiro atoms. The summed E-state index contributed by atoms with van der Waals surface area (Å²) in [5, 5.41) is 3.27. The number of carbonyl (C=O) groups excluding carboxylic acids is 1. The van der Waals surface area contributed by atoms with Gasteiger partial charge < -0.3 is 10.1 Å². The van der Waals surface area contributed by atoms with E-state index in [2.05, 4.69) is 10.3 Å². The number of aryl methyl sites for hydroxylation is 1. The van der Waals surface area contributed by atoms with Gasteiger partial charge in [0, 0.05) is 17.3 Å².